The molecule has 0 bridgehead atoms. The molecule has 0 saturated carbocycles. The summed E-state index contributed by atoms with van der Waals surface area (Å²) in [7, 11) is 0. The molecule has 0 heterocycles. The fourth-order valence-electron chi connectivity index (χ4n) is 6.67. The molecule has 2 nitrogen and oxygen atoms in total. The first-order valence-electron chi connectivity index (χ1n) is 22.2. The average molecular weight is 667 g/mol. The van der Waals surface area contributed by atoms with Crippen molar-refractivity contribution in [1.29, 1.82) is 0 Å². The Morgan fingerprint density at radius 1 is 0.298 bits per heavy atom. The van der Waals surface area contributed by atoms with Gasteiger partial charge >= 0.3 is 0 Å². The molecule has 0 N–H and O–H groups in total. The lowest BCUT2D eigenvalue weighted by molar-refractivity contribution is 0.163. The van der Waals surface area contributed by atoms with E-state index in [0.29, 0.717) is 0 Å². The van der Waals surface area contributed by atoms with Crippen molar-refractivity contribution in [3.05, 3.63) is 0 Å². The molecule has 3 atom stereocenters. The van der Waals surface area contributed by atoms with E-state index in [-0.39, 0.29) is 0 Å². The topological polar surface area (TPSA) is 6.48 Å². The highest BCUT2D eigenvalue weighted by molar-refractivity contribution is 4.70. The standard InChI is InChI=1S/C29H62N2.C9H20.C7H16/c1-7-11-13-14-15-16-17-19-21-29(6)27-31(26-28(5)20-18-12-8-2)25-24-30(22-9-3)23-10-4;1-3-5-7-9-8-6-4-2;1-4-6-7(3)5-2/h28-29H,7-27H2,1-6H3;3-9H2,1-2H3;7H,4-6H2,1-3H3. The van der Waals surface area contributed by atoms with Gasteiger partial charge in [0.2, 0.25) is 0 Å². The maximum atomic E-state index is 2.82. The van der Waals surface area contributed by atoms with Crippen molar-refractivity contribution < 1.29 is 0 Å². The molecule has 0 aromatic rings. The molecule has 0 aliphatic carbocycles. The van der Waals surface area contributed by atoms with E-state index >= 15 is 0 Å². The summed E-state index contributed by atoms with van der Waals surface area (Å²) in [5, 5.41) is 0. The minimum Gasteiger partial charge on any atom is -0.302 e. The number of unbranched alkanes of at least 4 members (excludes halogenated alkanes) is 15. The van der Waals surface area contributed by atoms with Gasteiger partial charge in [-0.2, -0.15) is 0 Å². The van der Waals surface area contributed by atoms with Crippen molar-refractivity contribution >= 4 is 0 Å². The predicted octanol–water partition coefficient (Wildman–Crippen LogP) is 15.4. The summed E-state index contributed by atoms with van der Waals surface area (Å²) in [6.07, 6.45) is 35.1. The Labute approximate surface area is 302 Å². The zero-order valence-corrected chi connectivity index (χ0v) is 35.5. The predicted molar refractivity (Wildman–Crippen MR) is 221 cm³/mol. The van der Waals surface area contributed by atoms with Crippen LogP contribution in [0.2, 0.25) is 0 Å². The van der Waals surface area contributed by atoms with Crippen LogP contribution in [0.25, 0.3) is 0 Å². The number of hydrogen-bond acceptors (Lipinski definition) is 2. The van der Waals surface area contributed by atoms with Gasteiger partial charge in [0.05, 0.1) is 0 Å². The van der Waals surface area contributed by atoms with Gasteiger partial charge in [0.15, 0.2) is 0 Å². The lowest BCUT2D eigenvalue weighted by Gasteiger charge is -2.31. The van der Waals surface area contributed by atoms with Gasteiger partial charge < -0.3 is 9.80 Å². The van der Waals surface area contributed by atoms with Crippen LogP contribution in [0.5, 0.6) is 0 Å². The quantitative estimate of drug-likeness (QED) is 0.0643. The van der Waals surface area contributed by atoms with Crippen LogP contribution < -0.4 is 0 Å². The van der Waals surface area contributed by atoms with E-state index < -0.39 is 0 Å². The maximum absolute atomic E-state index is 2.82. The first-order valence-corrected chi connectivity index (χ1v) is 22.2. The monoisotopic (exact) mass is 667 g/mol. The third-order valence-electron chi connectivity index (χ3n) is 9.99. The van der Waals surface area contributed by atoms with Crippen molar-refractivity contribution in [3.8, 4) is 0 Å². The molecule has 0 aromatic carbocycles. The molecule has 0 saturated heterocycles. The molecular weight excluding hydrogens is 569 g/mol. The van der Waals surface area contributed by atoms with Gasteiger partial charge in [-0.3, -0.25) is 0 Å². The average Bonchev–Trinajstić information content (AvgIpc) is 3.05. The third-order valence-corrected chi connectivity index (χ3v) is 9.99. The van der Waals surface area contributed by atoms with E-state index in [0.717, 1.165) is 17.8 Å². The minimum atomic E-state index is 0.840. The van der Waals surface area contributed by atoms with Gasteiger partial charge in [-0.15, -0.1) is 0 Å². The SMILES string of the molecule is CCCC(C)CC.CCCCCCCCC.CCCCCCCCCCC(C)CN(CCN(CCC)CCC)CC(C)CCCCC. The van der Waals surface area contributed by atoms with Gasteiger partial charge in [0, 0.05) is 26.2 Å². The summed E-state index contributed by atoms with van der Waals surface area (Å²) >= 11 is 0. The van der Waals surface area contributed by atoms with Gasteiger partial charge in [0.25, 0.3) is 0 Å². The fraction of sp³-hybridized carbons (Fsp3) is 1.00. The summed E-state index contributed by atoms with van der Waals surface area (Å²) < 4.78 is 0. The molecule has 0 rings (SSSR count). The van der Waals surface area contributed by atoms with Gasteiger partial charge in [0.1, 0.15) is 0 Å². The molecule has 0 amide bonds. The van der Waals surface area contributed by atoms with E-state index in [9.17, 15) is 0 Å². The summed E-state index contributed by atoms with van der Waals surface area (Å²) in [5.74, 6) is 2.63. The van der Waals surface area contributed by atoms with Gasteiger partial charge in [-0.05, 0) is 56.5 Å². The molecule has 0 radical (unpaired) electrons. The summed E-state index contributed by atoms with van der Waals surface area (Å²) in [6, 6.07) is 0. The molecule has 3 unspecified atom stereocenters. The summed E-state index contributed by atoms with van der Waals surface area (Å²) in [6.45, 7) is 33.3. The van der Waals surface area contributed by atoms with Crippen molar-refractivity contribution in [1.82, 2.24) is 9.80 Å². The highest BCUT2D eigenvalue weighted by Crippen LogP contribution is 2.17. The zero-order valence-electron chi connectivity index (χ0n) is 35.5. The van der Waals surface area contributed by atoms with Crippen LogP contribution in [0.1, 0.15) is 237 Å². The fourth-order valence-corrected chi connectivity index (χ4v) is 6.67. The maximum Gasteiger partial charge on any atom is 0.0110 e. The number of hydrogen-bond donors (Lipinski definition) is 0. The van der Waals surface area contributed by atoms with Gasteiger partial charge in [-0.1, -0.05) is 211 Å². The van der Waals surface area contributed by atoms with E-state index in [1.54, 1.807) is 0 Å². The molecule has 0 fully saturated rings. The van der Waals surface area contributed by atoms with E-state index in [2.05, 4.69) is 86.0 Å². The van der Waals surface area contributed by atoms with Gasteiger partial charge in [-0.25, -0.2) is 0 Å². The van der Waals surface area contributed by atoms with Crippen molar-refractivity contribution in [2.45, 2.75) is 237 Å². The van der Waals surface area contributed by atoms with E-state index in [1.807, 2.05) is 0 Å². The van der Waals surface area contributed by atoms with E-state index in [4.69, 9.17) is 0 Å². The van der Waals surface area contributed by atoms with E-state index in [1.165, 1.54) is 200 Å². The largest absolute Gasteiger partial charge is 0.302 e. The number of rotatable bonds is 33. The zero-order chi connectivity index (χ0) is 35.8. The third kappa shape index (κ3) is 43.9. The highest BCUT2D eigenvalue weighted by atomic mass is 15.2. The van der Waals surface area contributed by atoms with Crippen molar-refractivity contribution in [2.24, 2.45) is 17.8 Å². The first kappa shape index (κ1) is 51.3. The summed E-state index contributed by atoms with van der Waals surface area (Å²) in [4.78, 5) is 5.52. The first-order chi connectivity index (χ1) is 22.8. The Hall–Kier alpha value is -0.0800. The highest BCUT2D eigenvalue weighted by Gasteiger charge is 2.15. The van der Waals surface area contributed by atoms with Crippen LogP contribution >= 0.6 is 0 Å². The Morgan fingerprint density at radius 2 is 0.638 bits per heavy atom. The van der Waals surface area contributed by atoms with Crippen LogP contribution in [-0.4, -0.2) is 49.1 Å². The smallest absolute Gasteiger partial charge is 0.0110 e. The Kier molecular flexibility index (Phi) is 48.0. The van der Waals surface area contributed by atoms with Crippen LogP contribution in [0.3, 0.4) is 0 Å². The lowest BCUT2D eigenvalue weighted by atomic mass is 9.99. The Balaban J connectivity index is -0.000000984. The van der Waals surface area contributed by atoms with Crippen molar-refractivity contribution in [3.63, 3.8) is 0 Å². The Morgan fingerprint density at radius 3 is 0.979 bits per heavy atom. The normalized spacial score (nSPS) is 13.2. The molecule has 0 aromatic heterocycles. The second-order valence-corrected chi connectivity index (χ2v) is 15.6. The molecule has 2 heteroatoms. The molecule has 0 spiro atoms. The second-order valence-electron chi connectivity index (χ2n) is 15.6. The molecule has 288 valence electrons. The summed E-state index contributed by atoms with van der Waals surface area (Å²) in [5.41, 5.74) is 0. The molecule has 0 aliphatic heterocycles. The van der Waals surface area contributed by atoms with Crippen LogP contribution in [0.15, 0.2) is 0 Å². The molecular formula is C45H98N2. The minimum absolute atomic E-state index is 0.840. The van der Waals surface area contributed by atoms with Crippen LogP contribution in [0.4, 0.5) is 0 Å². The Bertz CT molecular complexity index is 508. The molecule has 47 heavy (non-hydrogen) atoms. The lowest BCUT2D eigenvalue weighted by Crippen LogP contribution is -2.40. The van der Waals surface area contributed by atoms with Crippen LogP contribution in [-0.2, 0) is 0 Å². The number of nitrogens with zero attached hydrogens (tertiary/aromatic N) is 2. The van der Waals surface area contributed by atoms with Crippen molar-refractivity contribution in [2.75, 3.05) is 39.3 Å². The van der Waals surface area contributed by atoms with Crippen LogP contribution in [0, 0.1) is 17.8 Å². The molecule has 0 aliphatic rings. The second kappa shape index (κ2) is 43.9.